The molecule has 104 valence electrons. The second-order valence-electron chi connectivity index (χ2n) is 5.60. The van der Waals surface area contributed by atoms with E-state index in [0.29, 0.717) is 0 Å². The monoisotopic (exact) mass is 258 g/mol. The van der Waals surface area contributed by atoms with Gasteiger partial charge in [0.05, 0.1) is 0 Å². The van der Waals surface area contributed by atoms with Gasteiger partial charge in [-0.1, -0.05) is 25.5 Å². The second-order valence-corrected chi connectivity index (χ2v) is 5.60. The fourth-order valence-corrected chi connectivity index (χ4v) is 3.05. The van der Waals surface area contributed by atoms with Crippen LogP contribution in [0.25, 0.3) is 10.9 Å². The Labute approximate surface area is 117 Å². The molecule has 1 aromatic carbocycles. The second kappa shape index (κ2) is 5.79. The zero-order valence-electron chi connectivity index (χ0n) is 13.0. The van der Waals surface area contributed by atoms with Gasteiger partial charge < -0.3 is 9.47 Å². The Morgan fingerprint density at radius 2 is 1.95 bits per heavy atom. The Hall–Kier alpha value is -1.28. The number of aromatic nitrogens is 1. The molecule has 0 unspecified atom stereocenters. The number of aryl methyl sites for hydroxylation is 2. The van der Waals surface area contributed by atoms with Crippen molar-refractivity contribution in [3.8, 4) is 0 Å². The molecule has 0 N–H and O–H groups in total. The van der Waals surface area contributed by atoms with E-state index < -0.39 is 0 Å². The maximum Gasteiger partial charge on any atom is 0.0483 e. The minimum absolute atomic E-state index is 1.05. The van der Waals surface area contributed by atoms with Crippen molar-refractivity contribution < 1.29 is 0 Å². The van der Waals surface area contributed by atoms with Crippen molar-refractivity contribution in [1.82, 2.24) is 9.47 Å². The first-order chi connectivity index (χ1) is 9.08. The lowest BCUT2D eigenvalue weighted by molar-refractivity contribution is 0.327. The maximum atomic E-state index is 2.43. The van der Waals surface area contributed by atoms with Gasteiger partial charge >= 0.3 is 0 Å². The molecule has 0 bridgehead atoms. The highest BCUT2D eigenvalue weighted by atomic mass is 15.1. The SMILES string of the molecule is CCCN(C)Cc1c(CC)n(C)c2ccc(C)cc12. The summed E-state index contributed by atoms with van der Waals surface area (Å²) in [5, 5.41) is 1.43. The van der Waals surface area contributed by atoms with Gasteiger partial charge in [-0.05, 0) is 51.1 Å². The highest BCUT2D eigenvalue weighted by Crippen LogP contribution is 2.27. The molecule has 2 rings (SSSR count). The first-order valence-electron chi connectivity index (χ1n) is 7.33. The van der Waals surface area contributed by atoms with Crippen molar-refractivity contribution in [3.63, 3.8) is 0 Å². The molecule has 0 saturated heterocycles. The molecule has 0 radical (unpaired) electrons. The smallest absolute Gasteiger partial charge is 0.0483 e. The standard InChI is InChI=1S/C17H26N2/c1-6-10-18(4)12-15-14-11-13(3)8-9-17(14)19(5)16(15)7-2/h8-9,11H,6-7,10,12H2,1-5H3. The quantitative estimate of drug-likeness (QED) is 0.790. The molecule has 1 aromatic heterocycles. The molecular weight excluding hydrogens is 232 g/mol. The summed E-state index contributed by atoms with van der Waals surface area (Å²) in [5.41, 5.74) is 5.70. The van der Waals surface area contributed by atoms with Crippen molar-refractivity contribution in [2.24, 2.45) is 7.05 Å². The van der Waals surface area contributed by atoms with Crippen LogP contribution < -0.4 is 0 Å². The lowest BCUT2D eigenvalue weighted by Gasteiger charge is -2.16. The summed E-state index contributed by atoms with van der Waals surface area (Å²) in [5.74, 6) is 0. The van der Waals surface area contributed by atoms with E-state index in [1.807, 2.05) is 0 Å². The number of fused-ring (bicyclic) bond motifs is 1. The third kappa shape index (κ3) is 2.69. The van der Waals surface area contributed by atoms with Crippen LogP contribution in [0.1, 0.15) is 37.1 Å². The highest BCUT2D eigenvalue weighted by molar-refractivity contribution is 5.86. The number of rotatable bonds is 5. The van der Waals surface area contributed by atoms with Crippen molar-refractivity contribution in [2.75, 3.05) is 13.6 Å². The average Bonchev–Trinajstić information content (AvgIpc) is 2.62. The van der Waals surface area contributed by atoms with Gasteiger partial charge in [0.15, 0.2) is 0 Å². The molecule has 0 aliphatic heterocycles. The van der Waals surface area contributed by atoms with Gasteiger partial charge in [0.1, 0.15) is 0 Å². The van der Waals surface area contributed by atoms with Crippen LogP contribution in [0.3, 0.4) is 0 Å². The van der Waals surface area contributed by atoms with Crippen molar-refractivity contribution >= 4 is 10.9 Å². The van der Waals surface area contributed by atoms with E-state index in [9.17, 15) is 0 Å². The van der Waals surface area contributed by atoms with E-state index >= 15 is 0 Å². The van der Waals surface area contributed by atoms with Crippen LogP contribution >= 0.6 is 0 Å². The van der Waals surface area contributed by atoms with Gasteiger partial charge in [0, 0.05) is 30.2 Å². The molecule has 0 atom stereocenters. The molecule has 2 aromatic rings. The summed E-state index contributed by atoms with van der Waals surface area (Å²) in [6, 6.07) is 6.80. The van der Waals surface area contributed by atoms with Crippen molar-refractivity contribution in [2.45, 2.75) is 40.2 Å². The summed E-state index contributed by atoms with van der Waals surface area (Å²) in [6.07, 6.45) is 2.31. The molecular formula is C17H26N2. The van der Waals surface area contributed by atoms with Crippen molar-refractivity contribution in [3.05, 3.63) is 35.0 Å². The molecule has 0 spiro atoms. The molecule has 0 saturated carbocycles. The third-order valence-corrected chi connectivity index (χ3v) is 3.96. The topological polar surface area (TPSA) is 8.17 Å². The Bertz CT molecular complexity index is 566. The molecule has 0 aliphatic carbocycles. The van der Waals surface area contributed by atoms with Crippen molar-refractivity contribution in [1.29, 1.82) is 0 Å². The lowest BCUT2D eigenvalue weighted by atomic mass is 10.1. The van der Waals surface area contributed by atoms with Gasteiger partial charge in [0.2, 0.25) is 0 Å². The molecule has 19 heavy (non-hydrogen) atoms. The predicted octanol–water partition coefficient (Wildman–Crippen LogP) is 3.89. The fraction of sp³-hybridized carbons (Fsp3) is 0.529. The molecule has 0 fully saturated rings. The number of hydrogen-bond donors (Lipinski definition) is 0. The minimum atomic E-state index is 1.05. The van der Waals surface area contributed by atoms with E-state index in [2.05, 4.69) is 62.5 Å². The van der Waals surface area contributed by atoms with E-state index in [0.717, 1.165) is 19.5 Å². The summed E-state index contributed by atoms with van der Waals surface area (Å²) in [7, 11) is 4.41. The van der Waals surface area contributed by atoms with E-state index in [4.69, 9.17) is 0 Å². The predicted molar refractivity (Wildman–Crippen MR) is 83.7 cm³/mol. The number of benzene rings is 1. The Morgan fingerprint density at radius 1 is 1.21 bits per heavy atom. The van der Waals surface area contributed by atoms with Crippen LogP contribution in [-0.4, -0.2) is 23.1 Å². The van der Waals surface area contributed by atoms with Crippen LogP contribution in [0.5, 0.6) is 0 Å². The third-order valence-electron chi connectivity index (χ3n) is 3.96. The van der Waals surface area contributed by atoms with E-state index in [1.165, 1.54) is 34.1 Å². The van der Waals surface area contributed by atoms with E-state index in [-0.39, 0.29) is 0 Å². The minimum Gasteiger partial charge on any atom is -0.347 e. The van der Waals surface area contributed by atoms with Crippen LogP contribution in [0.2, 0.25) is 0 Å². The first-order valence-corrected chi connectivity index (χ1v) is 7.33. The normalized spacial score (nSPS) is 11.7. The zero-order valence-corrected chi connectivity index (χ0v) is 13.0. The molecule has 0 amide bonds. The number of nitrogens with zero attached hydrogens (tertiary/aromatic N) is 2. The summed E-state index contributed by atoms with van der Waals surface area (Å²) >= 11 is 0. The van der Waals surface area contributed by atoms with Gasteiger partial charge in [-0.2, -0.15) is 0 Å². The summed E-state index contributed by atoms with van der Waals surface area (Å²) < 4.78 is 2.36. The van der Waals surface area contributed by atoms with Crippen LogP contribution in [0.4, 0.5) is 0 Å². The highest BCUT2D eigenvalue weighted by Gasteiger charge is 2.15. The average molecular weight is 258 g/mol. The van der Waals surface area contributed by atoms with Gasteiger partial charge in [-0.3, -0.25) is 0 Å². The largest absolute Gasteiger partial charge is 0.347 e. The van der Waals surface area contributed by atoms with Gasteiger partial charge in [-0.15, -0.1) is 0 Å². The Morgan fingerprint density at radius 3 is 2.58 bits per heavy atom. The Balaban J connectivity index is 2.53. The Kier molecular flexibility index (Phi) is 4.31. The molecule has 2 nitrogen and oxygen atoms in total. The molecule has 2 heteroatoms. The molecule has 0 aliphatic rings. The van der Waals surface area contributed by atoms with Crippen LogP contribution in [-0.2, 0) is 20.0 Å². The van der Waals surface area contributed by atoms with Crippen LogP contribution in [0, 0.1) is 6.92 Å². The first kappa shape index (κ1) is 14.1. The summed E-state index contributed by atoms with van der Waals surface area (Å²) in [4.78, 5) is 2.43. The molecule has 1 heterocycles. The fourth-order valence-electron chi connectivity index (χ4n) is 3.05. The van der Waals surface area contributed by atoms with E-state index in [1.54, 1.807) is 0 Å². The van der Waals surface area contributed by atoms with Gasteiger partial charge in [-0.25, -0.2) is 0 Å². The maximum absolute atomic E-state index is 2.43. The zero-order chi connectivity index (χ0) is 14.0. The summed E-state index contributed by atoms with van der Waals surface area (Å²) in [6.45, 7) is 8.88. The lowest BCUT2D eigenvalue weighted by Crippen LogP contribution is -2.19. The number of hydrogen-bond acceptors (Lipinski definition) is 1. The van der Waals surface area contributed by atoms with Crippen LogP contribution in [0.15, 0.2) is 18.2 Å². The van der Waals surface area contributed by atoms with Gasteiger partial charge in [0.25, 0.3) is 0 Å².